The Morgan fingerprint density at radius 3 is 2.36 bits per heavy atom. The molecule has 4 heteroatoms. The van der Waals surface area contributed by atoms with Crippen LogP contribution in [0, 0.1) is 6.92 Å². The van der Waals surface area contributed by atoms with Gasteiger partial charge in [0.15, 0.2) is 0 Å². The average Bonchev–Trinajstić information content (AvgIpc) is 2.16. The van der Waals surface area contributed by atoms with Gasteiger partial charge in [-0.2, -0.15) is 12.8 Å². The Hall–Kier alpha value is -1.42. The summed E-state index contributed by atoms with van der Waals surface area (Å²) in [5.74, 6) is 0. The number of aryl methyl sites for hydroxylation is 1. The molecule has 0 N–H and O–H groups in total. The zero-order valence-corrected chi connectivity index (χ0v) is 8.66. The molecule has 0 aromatic heterocycles. The minimum Gasteiger partial charge on any atom is -0.199 e. The molecule has 14 heavy (non-hydrogen) atoms. The van der Waals surface area contributed by atoms with E-state index in [1.165, 1.54) is 18.2 Å². The maximum atomic E-state index is 11.5. The monoisotopic (exact) mass is 209 g/mol. The van der Waals surface area contributed by atoms with Gasteiger partial charge in [-0.15, -0.1) is 0 Å². The van der Waals surface area contributed by atoms with Gasteiger partial charge in [-0.25, -0.2) is 0 Å². The molecule has 0 spiro atoms. The molecule has 0 unspecified atom stereocenters. The molecule has 1 aromatic rings. The van der Waals surface area contributed by atoms with Crippen LogP contribution in [0.4, 0.5) is 0 Å². The van der Waals surface area contributed by atoms with Crippen LogP contribution in [0.1, 0.15) is 5.56 Å². The molecule has 0 aliphatic rings. The third kappa shape index (κ3) is 2.53. The largest absolute Gasteiger partial charge is 0.282 e. The molecule has 0 aliphatic carbocycles. The molecule has 1 rings (SSSR count). The second-order valence-corrected chi connectivity index (χ2v) is 4.41. The first-order chi connectivity index (χ1) is 6.56. The van der Waals surface area contributed by atoms with E-state index < -0.39 is 10.0 Å². The summed E-state index contributed by atoms with van der Waals surface area (Å²) in [7, 11) is -3.54. The highest BCUT2D eigenvalue weighted by molar-refractivity contribution is 7.90. The Labute approximate surface area is 83.9 Å². The van der Waals surface area contributed by atoms with Crippen LogP contribution in [-0.2, 0) is 10.0 Å². The first kappa shape index (κ1) is 10.7. The van der Waals surface area contributed by atoms with Gasteiger partial charge in [-0.3, -0.25) is 0 Å². The van der Waals surface area contributed by atoms with Gasteiger partial charge < -0.3 is 0 Å². The number of benzene rings is 1. The van der Waals surface area contributed by atoms with Crippen molar-refractivity contribution in [3.63, 3.8) is 0 Å². The molecule has 3 nitrogen and oxygen atoms in total. The van der Waals surface area contributed by atoms with Gasteiger partial charge >= 0.3 is 0 Å². The summed E-state index contributed by atoms with van der Waals surface area (Å²) in [5, 5.41) is 0. The summed E-state index contributed by atoms with van der Waals surface area (Å²) in [5.41, 5.74) is 1.01. The van der Waals surface area contributed by atoms with Gasteiger partial charge in [0.25, 0.3) is 10.0 Å². The van der Waals surface area contributed by atoms with Crippen LogP contribution < -0.4 is 0 Å². The smallest absolute Gasteiger partial charge is 0.199 e. The van der Waals surface area contributed by atoms with Crippen molar-refractivity contribution in [3.8, 4) is 0 Å². The highest BCUT2D eigenvalue weighted by Crippen LogP contribution is 2.12. The normalized spacial score (nSPS) is 11.8. The van der Waals surface area contributed by atoms with E-state index in [0.717, 1.165) is 11.8 Å². The van der Waals surface area contributed by atoms with E-state index in [-0.39, 0.29) is 4.90 Å². The Morgan fingerprint density at radius 1 is 1.29 bits per heavy atom. The SMILES string of the molecule is C=CC=NS(=O)(=O)c1ccc(C)cc1. The molecule has 1 aromatic carbocycles. The highest BCUT2D eigenvalue weighted by atomic mass is 32.2. The van der Waals surface area contributed by atoms with Gasteiger partial charge in [0.2, 0.25) is 0 Å². The topological polar surface area (TPSA) is 46.5 Å². The first-order valence-corrected chi connectivity index (χ1v) is 5.48. The van der Waals surface area contributed by atoms with Crippen molar-refractivity contribution in [2.45, 2.75) is 11.8 Å². The van der Waals surface area contributed by atoms with Gasteiger partial charge in [0, 0.05) is 6.21 Å². The summed E-state index contributed by atoms with van der Waals surface area (Å²) in [6.45, 7) is 5.25. The summed E-state index contributed by atoms with van der Waals surface area (Å²) < 4.78 is 26.3. The second kappa shape index (κ2) is 4.19. The predicted octanol–water partition coefficient (Wildman–Crippen LogP) is 1.94. The molecule has 0 heterocycles. The van der Waals surface area contributed by atoms with Crippen LogP contribution >= 0.6 is 0 Å². The standard InChI is InChI=1S/C10H11NO2S/c1-3-8-11-14(12,13)10-6-4-9(2)5-7-10/h3-8H,1H2,2H3. The lowest BCUT2D eigenvalue weighted by Gasteiger charge is -1.97. The quantitative estimate of drug-likeness (QED) is 0.714. The summed E-state index contributed by atoms with van der Waals surface area (Å²) in [6, 6.07) is 6.53. The summed E-state index contributed by atoms with van der Waals surface area (Å²) >= 11 is 0. The number of sulfonamides is 1. The van der Waals surface area contributed by atoms with Crippen molar-refractivity contribution in [1.29, 1.82) is 0 Å². The zero-order valence-electron chi connectivity index (χ0n) is 7.84. The molecule has 0 saturated heterocycles. The van der Waals surface area contributed by atoms with E-state index in [4.69, 9.17) is 0 Å². The molecule has 0 amide bonds. The van der Waals surface area contributed by atoms with E-state index in [1.54, 1.807) is 12.1 Å². The molecule has 0 aliphatic heterocycles. The van der Waals surface area contributed by atoms with E-state index in [1.807, 2.05) is 6.92 Å². The first-order valence-electron chi connectivity index (χ1n) is 4.04. The van der Waals surface area contributed by atoms with Crippen molar-refractivity contribution < 1.29 is 8.42 Å². The van der Waals surface area contributed by atoms with Gasteiger partial charge in [0.05, 0.1) is 4.90 Å². The number of rotatable bonds is 3. The summed E-state index contributed by atoms with van der Waals surface area (Å²) in [4.78, 5) is 0.196. The van der Waals surface area contributed by atoms with E-state index in [2.05, 4.69) is 11.0 Å². The molecule has 0 fully saturated rings. The molecule has 0 bridgehead atoms. The van der Waals surface area contributed by atoms with Crippen molar-refractivity contribution in [2.75, 3.05) is 0 Å². The predicted molar refractivity (Wildman–Crippen MR) is 57.1 cm³/mol. The van der Waals surface area contributed by atoms with Crippen LogP contribution in [0.15, 0.2) is 46.2 Å². The Balaban J connectivity index is 3.11. The maximum absolute atomic E-state index is 11.5. The van der Waals surface area contributed by atoms with Gasteiger partial charge in [0.1, 0.15) is 0 Å². The van der Waals surface area contributed by atoms with Crippen LogP contribution in [0.25, 0.3) is 0 Å². The Bertz CT molecular complexity index is 444. The number of nitrogens with zero attached hydrogens (tertiary/aromatic N) is 1. The second-order valence-electron chi connectivity index (χ2n) is 2.78. The van der Waals surface area contributed by atoms with Crippen LogP contribution in [-0.4, -0.2) is 14.6 Å². The fourth-order valence-corrected chi connectivity index (χ4v) is 1.74. The summed E-state index contributed by atoms with van der Waals surface area (Å²) in [6.07, 6.45) is 2.49. The van der Waals surface area contributed by atoms with Crippen LogP contribution in [0.3, 0.4) is 0 Å². The Kier molecular flexibility index (Phi) is 3.19. The van der Waals surface area contributed by atoms with Crippen molar-refractivity contribution in [3.05, 3.63) is 42.5 Å². The lowest BCUT2D eigenvalue weighted by atomic mass is 10.2. The minimum atomic E-state index is -3.54. The van der Waals surface area contributed by atoms with Crippen molar-refractivity contribution in [1.82, 2.24) is 0 Å². The fourth-order valence-electron chi connectivity index (χ4n) is 0.894. The number of hydrogen-bond acceptors (Lipinski definition) is 2. The highest BCUT2D eigenvalue weighted by Gasteiger charge is 2.09. The lowest BCUT2D eigenvalue weighted by Crippen LogP contribution is -1.96. The average molecular weight is 209 g/mol. The van der Waals surface area contributed by atoms with Crippen molar-refractivity contribution >= 4 is 16.2 Å². The van der Waals surface area contributed by atoms with E-state index >= 15 is 0 Å². The fraction of sp³-hybridized carbons (Fsp3) is 0.100. The zero-order chi connectivity index (χ0) is 10.6. The molecular weight excluding hydrogens is 198 g/mol. The number of hydrogen-bond donors (Lipinski definition) is 0. The van der Waals surface area contributed by atoms with E-state index in [9.17, 15) is 8.42 Å². The molecular formula is C10H11NO2S. The molecule has 0 atom stereocenters. The van der Waals surface area contributed by atoms with Gasteiger partial charge in [-0.05, 0) is 19.1 Å². The lowest BCUT2D eigenvalue weighted by molar-refractivity contribution is 0.598. The molecule has 74 valence electrons. The maximum Gasteiger partial charge on any atom is 0.282 e. The van der Waals surface area contributed by atoms with Crippen LogP contribution in [0.5, 0.6) is 0 Å². The van der Waals surface area contributed by atoms with Crippen molar-refractivity contribution in [2.24, 2.45) is 4.40 Å². The third-order valence-electron chi connectivity index (χ3n) is 1.62. The molecule has 0 radical (unpaired) electrons. The van der Waals surface area contributed by atoms with E-state index in [0.29, 0.717) is 0 Å². The molecule has 0 saturated carbocycles. The van der Waals surface area contributed by atoms with Gasteiger partial charge in [-0.1, -0.05) is 30.4 Å². The minimum absolute atomic E-state index is 0.196. The number of allylic oxidation sites excluding steroid dienone is 1. The Morgan fingerprint density at radius 2 is 1.86 bits per heavy atom. The third-order valence-corrected chi connectivity index (χ3v) is 2.89. The van der Waals surface area contributed by atoms with Crippen LogP contribution in [0.2, 0.25) is 0 Å².